The molecule has 0 bridgehead atoms. The summed E-state index contributed by atoms with van der Waals surface area (Å²) in [5.41, 5.74) is 0.262. The molecule has 0 radical (unpaired) electrons. The largest absolute Gasteiger partial charge is 0.393 e. The van der Waals surface area contributed by atoms with Crippen LogP contribution in [0.4, 0.5) is 0 Å². The van der Waals surface area contributed by atoms with Crippen molar-refractivity contribution in [3.05, 3.63) is 0 Å². The lowest BCUT2D eigenvalue weighted by molar-refractivity contribution is -0.0710. The molecule has 1 spiro atoms. The predicted octanol–water partition coefficient (Wildman–Crippen LogP) is 2.57. The fourth-order valence-electron chi connectivity index (χ4n) is 5.35. The van der Waals surface area contributed by atoms with E-state index in [-0.39, 0.29) is 11.7 Å². The molecule has 0 amide bonds. The number of ether oxygens (including phenoxy) is 1. The highest BCUT2D eigenvalue weighted by Gasteiger charge is 2.45. The molecule has 2 aliphatic heterocycles. The van der Waals surface area contributed by atoms with Gasteiger partial charge in [0.1, 0.15) is 0 Å². The molecule has 4 aliphatic rings. The highest BCUT2D eigenvalue weighted by atomic mass is 16.5. The van der Waals surface area contributed by atoms with Crippen LogP contribution < -0.4 is 0 Å². The van der Waals surface area contributed by atoms with Crippen LogP contribution in [0.2, 0.25) is 0 Å². The molecule has 0 aromatic carbocycles. The third kappa shape index (κ3) is 2.42. The van der Waals surface area contributed by atoms with Crippen LogP contribution in [0.25, 0.3) is 0 Å². The number of hydrogen-bond donors (Lipinski definition) is 1. The van der Waals surface area contributed by atoms with E-state index in [0.29, 0.717) is 12.0 Å². The van der Waals surface area contributed by atoms with E-state index in [9.17, 15) is 5.11 Å². The second-order valence-electron chi connectivity index (χ2n) is 7.81. The molecule has 3 heteroatoms. The van der Waals surface area contributed by atoms with Gasteiger partial charge in [-0.1, -0.05) is 19.3 Å². The Morgan fingerprint density at radius 3 is 2.65 bits per heavy atom. The minimum atomic E-state index is -0.0285. The topological polar surface area (TPSA) is 32.7 Å². The van der Waals surface area contributed by atoms with E-state index in [1.54, 1.807) is 0 Å². The minimum Gasteiger partial charge on any atom is -0.393 e. The molecule has 4 rings (SSSR count). The fourth-order valence-corrected chi connectivity index (χ4v) is 5.35. The summed E-state index contributed by atoms with van der Waals surface area (Å²) in [6.07, 6.45) is 12.0. The maximum Gasteiger partial charge on any atom is 0.0710 e. The van der Waals surface area contributed by atoms with Crippen LogP contribution in [-0.2, 0) is 4.74 Å². The molecule has 2 aliphatic carbocycles. The first-order chi connectivity index (χ1) is 9.74. The van der Waals surface area contributed by atoms with E-state index in [4.69, 9.17) is 4.74 Å². The van der Waals surface area contributed by atoms with Crippen LogP contribution in [-0.4, -0.2) is 47.4 Å². The smallest absolute Gasteiger partial charge is 0.0710 e. The summed E-state index contributed by atoms with van der Waals surface area (Å²) >= 11 is 0. The van der Waals surface area contributed by atoms with Crippen molar-refractivity contribution in [2.45, 2.75) is 75.6 Å². The maximum atomic E-state index is 10.0. The molecule has 20 heavy (non-hydrogen) atoms. The molecular formula is C17H29NO2. The highest BCUT2D eigenvalue weighted by molar-refractivity contribution is 4.96. The first-order valence-corrected chi connectivity index (χ1v) is 8.82. The van der Waals surface area contributed by atoms with E-state index in [2.05, 4.69) is 4.90 Å². The van der Waals surface area contributed by atoms with Crippen molar-refractivity contribution in [3.63, 3.8) is 0 Å². The van der Waals surface area contributed by atoms with Gasteiger partial charge in [0, 0.05) is 25.6 Å². The lowest BCUT2D eigenvalue weighted by Crippen LogP contribution is -2.36. The van der Waals surface area contributed by atoms with Gasteiger partial charge in [-0.25, -0.2) is 0 Å². The molecule has 4 unspecified atom stereocenters. The van der Waals surface area contributed by atoms with Crippen molar-refractivity contribution in [2.75, 3.05) is 19.6 Å². The van der Waals surface area contributed by atoms with Gasteiger partial charge in [0.25, 0.3) is 0 Å². The number of aliphatic hydroxyl groups excluding tert-OH is 1. The maximum absolute atomic E-state index is 10.0. The van der Waals surface area contributed by atoms with Gasteiger partial charge in [-0.05, 0) is 44.4 Å². The lowest BCUT2D eigenvalue weighted by Gasteiger charge is -2.34. The van der Waals surface area contributed by atoms with Gasteiger partial charge in [-0.3, -0.25) is 0 Å². The Morgan fingerprint density at radius 1 is 1.00 bits per heavy atom. The summed E-state index contributed by atoms with van der Waals surface area (Å²) in [5.74, 6) is 1.31. The van der Waals surface area contributed by atoms with Crippen molar-refractivity contribution >= 4 is 0 Å². The van der Waals surface area contributed by atoms with Gasteiger partial charge in [-0.15, -0.1) is 0 Å². The molecule has 2 saturated heterocycles. The average molecular weight is 279 g/mol. The summed E-state index contributed by atoms with van der Waals surface area (Å²) in [6.45, 7) is 3.43. The van der Waals surface area contributed by atoms with E-state index >= 15 is 0 Å². The molecule has 114 valence electrons. The molecular weight excluding hydrogens is 250 g/mol. The summed E-state index contributed by atoms with van der Waals surface area (Å²) in [7, 11) is 0. The van der Waals surface area contributed by atoms with E-state index in [1.807, 2.05) is 0 Å². The van der Waals surface area contributed by atoms with Crippen LogP contribution >= 0.6 is 0 Å². The zero-order valence-electron chi connectivity index (χ0n) is 12.6. The molecule has 4 fully saturated rings. The Bertz CT molecular complexity index is 353. The van der Waals surface area contributed by atoms with Gasteiger partial charge in [0.15, 0.2) is 0 Å². The van der Waals surface area contributed by atoms with Crippen molar-refractivity contribution in [1.82, 2.24) is 4.90 Å². The Balaban J connectivity index is 1.31. The molecule has 4 atom stereocenters. The zero-order chi connectivity index (χ0) is 13.6. The SMILES string of the molecule is OC1CCC2CN(CC3CCC4(CCCCC4)O3)CC12. The summed E-state index contributed by atoms with van der Waals surface area (Å²) in [6, 6.07) is 0. The number of likely N-dealkylation sites (tertiary alicyclic amines) is 1. The number of aliphatic hydroxyl groups is 1. The second-order valence-corrected chi connectivity index (χ2v) is 7.81. The Kier molecular flexibility index (Phi) is 3.56. The predicted molar refractivity (Wildman–Crippen MR) is 78.6 cm³/mol. The van der Waals surface area contributed by atoms with Crippen molar-refractivity contribution in [1.29, 1.82) is 0 Å². The fraction of sp³-hybridized carbons (Fsp3) is 1.00. The lowest BCUT2D eigenvalue weighted by atomic mass is 9.83. The number of hydrogen-bond acceptors (Lipinski definition) is 3. The number of rotatable bonds is 2. The molecule has 2 heterocycles. The Hall–Kier alpha value is -0.120. The standard InChI is InChI=1S/C17H29NO2/c19-16-5-4-13-10-18(12-15(13)16)11-14-6-9-17(20-14)7-2-1-3-8-17/h13-16,19H,1-12H2. The quantitative estimate of drug-likeness (QED) is 0.843. The van der Waals surface area contributed by atoms with Crippen LogP contribution in [0.1, 0.15) is 57.8 Å². The van der Waals surface area contributed by atoms with Crippen LogP contribution in [0, 0.1) is 11.8 Å². The monoisotopic (exact) mass is 279 g/mol. The summed E-state index contributed by atoms with van der Waals surface area (Å²) in [5, 5.41) is 10.0. The first kappa shape index (κ1) is 13.5. The third-order valence-corrected chi connectivity index (χ3v) is 6.46. The Labute approximate surface area is 122 Å². The second kappa shape index (κ2) is 5.26. The van der Waals surface area contributed by atoms with Crippen LogP contribution in [0.3, 0.4) is 0 Å². The van der Waals surface area contributed by atoms with E-state index in [0.717, 1.165) is 25.4 Å². The van der Waals surface area contributed by atoms with E-state index in [1.165, 1.54) is 57.9 Å². The molecule has 1 N–H and O–H groups in total. The first-order valence-electron chi connectivity index (χ1n) is 8.82. The van der Waals surface area contributed by atoms with Gasteiger partial charge in [0.2, 0.25) is 0 Å². The number of nitrogens with zero attached hydrogens (tertiary/aromatic N) is 1. The molecule has 2 saturated carbocycles. The van der Waals surface area contributed by atoms with Gasteiger partial charge < -0.3 is 14.7 Å². The average Bonchev–Trinajstić information content (AvgIpc) is 3.10. The number of fused-ring (bicyclic) bond motifs is 1. The summed E-state index contributed by atoms with van der Waals surface area (Å²) in [4.78, 5) is 2.57. The van der Waals surface area contributed by atoms with Gasteiger partial charge in [0.05, 0.1) is 17.8 Å². The van der Waals surface area contributed by atoms with Gasteiger partial charge >= 0.3 is 0 Å². The van der Waals surface area contributed by atoms with Crippen molar-refractivity contribution in [3.8, 4) is 0 Å². The van der Waals surface area contributed by atoms with Crippen LogP contribution in [0.5, 0.6) is 0 Å². The molecule has 0 aromatic rings. The van der Waals surface area contributed by atoms with Crippen LogP contribution in [0.15, 0.2) is 0 Å². The van der Waals surface area contributed by atoms with Gasteiger partial charge in [-0.2, -0.15) is 0 Å². The normalized spacial score (nSPS) is 44.2. The molecule has 3 nitrogen and oxygen atoms in total. The van der Waals surface area contributed by atoms with Crippen molar-refractivity contribution in [2.24, 2.45) is 11.8 Å². The summed E-state index contributed by atoms with van der Waals surface area (Å²) < 4.78 is 6.50. The zero-order valence-corrected chi connectivity index (χ0v) is 12.6. The van der Waals surface area contributed by atoms with Crippen molar-refractivity contribution < 1.29 is 9.84 Å². The minimum absolute atomic E-state index is 0.0285. The van der Waals surface area contributed by atoms with E-state index < -0.39 is 0 Å². The third-order valence-electron chi connectivity index (χ3n) is 6.46. The highest BCUT2D eigenvalue weighted by Crippen LogP contribution is 2.43. The molecule has 0 aromatic heterocycles. The Morgan fingerprint density at radius 2 is 1.85 bits per heavy atom.